The van der Waals surface area contributed by atoms with E-state index in [1.807, 2.05) is 19.9 Å². The highest BCUT2D eigenvalue weighted by Crippen LogP contribution is 2.20. The highest BCUT2D eigenvalue weighted by atomic mass is 16.5. The van der Waals surface area contributed by atoms with Gasteiger partial charge in [-0.1, -0.05) is 0 Å². The quantitative estimate of drug-likeness (QED) is 0.767. The molecular formula is C17H21NO3. The zero-order chi connectivity index (χ0) is 15.4. The number of aryl methyl sites for hydroxylation is 1. The summed E-state index contributed by atoms with van der Waals surface area (Å²) in [5, 5.41) is 0. The minimum absolute atomic E-state index is 0.0365. The Morgan fingerprint density at radius 1 is 1.14 bits per heavy atom. The van der Waals surface area contributed by atoms with Gasteiger partial charge in [0.2, 0.25) is 0 Å². The lowest BCUT2D eigenvalue weighted by Crippen LogP contribution is -2.09. The number of hydrogen-bond acceptors (Lipinski definition) is 3. The second kappa shape index (κ2) is 6.59. The maximum absolute atomic E-state index is 12.6. The van der Waals surface area contributed by atoms with E-state index in [4.69, 9.17) is 9.47 Å². The Labute approximate surface area is 125 Å². The zero-order valence-corrected chi connectivity index (χ0v) is 13.0. The van der Waals surface area contributed by atoms with Gasteiger partial charge in [0.1, 0.15) is 5.75 Å². The van der Waals surface area contributed by atoms with Crippen molar-refractivity contribution >= 4 is 5.78 Å². The van der Waals surface area contributed by atoms with Gasteiger partial charge in [0.15, 0.2) is 5.78 Å². The molecule has 112 valence electrons. The number of hydrogen-bond donors (Lipinski definition) is 0. The predicted octanol–water partition coefficient (Wildman–Crippen LogP) is 2.99. The van der Waals surface area contributed by atoms with Gasteiger partial charge in [-0.15, -0.1) is 0 Å². The summed E-state index contributed by atoms with van der Waals surface area (Å²) >= 11 is 0. The lowest BCUT2D eigenvalue weighted by atomic mass is 10.0. The topological polar surface area (TPSA) is 40.5 Å². The van der Waals surface area contributed by atoms with Crippen LogP contribution in [-0.2, 0) is 11.3 Å². The first-order valence-electron chi connectivity index (χ1n) is 6.93. The van der Waals surface area contributed by atoms with Gasteiger partial charge in [0.25, 0.3) is 0 Å². The fourth-order valence-electron chi connectivity index (χ4n) is 2.46. The van der Waals surface area contributed by atoms with E-state index >= 15 is 0 Å². The van der Waals surface area contributed by atoms with E-state index in [1.165, 1.54) is 0 Å². The summed E-state index contributed by atoms with van der Waals surface area (Å²) in [5.74, 6) is 0.784. The summed E-state index contributed by atoms with van der Waals surface area (Å²) in [4.78, 5) is 12.6. The number of methoxy groups -OCH3 is 2. The van der Waals surface area contributed by atoms with Crippen molar-refractivity contribution in [2.75, 3.05) is 20.8 Å². The summed E-state index contributed by atoms with van der Waals surface area (Å²) in [7, 11) is 3.29. The van der Waals surface area contributed by atoms with Crippen molar-refractivity contribution in [2.45, 2.75) is 20.4 Å². The first-order valence-corrected chi connectivity index (χ1v) is 6.93. The van der Waals surface area contributed by atoms with Crippen LogP contribution in [0.15, 0.2) is 30.3 Å². The standard InChI is InChI=1S/C17H21NO3/c1-12-11-16(13(2)18(12)9-10-20-3)17(19)14-5-7-15(21-4)8-6-14/h5-8,11H,9-10H2,1-4H3. The number of ether oxygens (including phenoxy) is 2. The molecule has 0 N–H and O–H groups in total. The molecule has 1 aromatic carbocycles. The minimum Gasteiger partial charge on any atom is -0.497 e. The first-order chi connectivity index (χ1) is 10.1. The number of nitrogens with zero attached hydrogens (tertiary/aromatic N) is 1. The number of carbonyl (C=O) groups excluding carboxylic acids is 1. The molecule has 0 atom stereocenters. The summed E-state index contributed by atoms with van der Waals surface area (Å²) in [5.41, 5.74) is 3.46. The number of benzene rings is 1. The van der Waals surface area contributed by atoms with Gasteiger partial charge in [-0.25, -0.2) is 0 Å². The Morgan fingerprint density at radius 2 is 1.81 bits per heavy atom. The lowest BCUT2D eigenvalue weighted by molar-refractivity contribution is 0.103. The summed E-state index contributed by atoms with van der Waals surface area (Å²) in [6, 6.07) is 9.14. The maximum atomic E-state index is 12.6. The maximum Gasteiger partial charge on any atom is 0.194 e. The van der Waals surface area contributed by atoms with Gasteiger partial charge < -0.3 is 14.0 Å². The van der Waals surface area contributed by atoms with Crippen LogP contribution in [0.25, 0.3) is 0 Å². The Kier molecular flexibility index (Phi) is 4.81. The van der Waals surface area contributed by atoms with E-state index in [2.05, 4.69) is 4.57 Å². The molecule has 2 rings (SSSR count). The molecule has 0 amide bonds. The van der Waals surface area contributed by atoms with Crippen molar-refractivity contribution in [3.63, 3.8) is 0 Å². The SMILES string of the molecule is COCCn1c(C)cc(C(=O)c2ccc(OC)cc2)c1C. The van der Waals surface area contributed by atoms with Gasteiger partial charge in [-0.05, 0) is 44.2 Å². The van der Waals surface area contributed by atoms with Crippen LogP contribution in [-0.4, -0.2) is 31.2 Å². The number of aromatic nitrogens is 1. The van der Waals surface area contributed by atoms with E-state index in [1.54, 1.807) is 38.5 Å². The summed E-state index contributed by atoms with van der Waals surface area (Å²) in [6.07, 6.45) is 0. The van der Waals surface area contributed by atoms with Crippen LogP contribution in [0.4, 0.5) is 0 Å². The number of carbonyl (C=O) groups is 1. The molecule has 0 bridgehead atoms. The Hall–Kier alpha value is -2.07. The molecule has 0 saturated carbocycles. The molecule has 2 aromatic rings. The molecular weight excluding hydrogens is 266 g/mol. The van der Waals surface area contributed by atoms with E-state index in [0.717, 1.165) is 29.2 Å². The van der Waals surface area contributed by atoms with Crippen molar-refractivity contribution in [3.8, 4) is 5.75 Å². The smallest absolute Gasteiger partial charge is 0.194 e. The molecule has 0 unspecified atom stereocenters. The number of ketones is 1. The van der Waals surface area contributed by atoms with Crippen LogP contribution in [0.3, 0.4) is 0 Å². The predicted molar refractivity (Wildman–Crippen MR) is 82.2 cm³/mol. The van der Waals surface area contributed by atoms with Gasteiger partial charge in [0, 0.05) is 36.2 Å². The third-order valence-corrected chi connectivity index (χ3v) is 3.69. The van der Waals surface area contributed by atoms with Crippen LogP contribution >= 0.6 is 0 Å². The van der Waals surface area contributed by atoms with Crippen molar-refractivity contribution in [1.82, 2.24) is 4.57 Å². The molecule has 4 nitrogen and oxygen atoms in total. The first kappa shape index (κ1) is 15.3. The third kappa shape index (κ3) is 3.16. The van der Waals surface area contributed by atoms with E-state index < -0.39 is 0 Å². The van der Waals surface area contributed by atoms with Crippen molar-refractivity contribution in [2.24, 2.45) is 0 Å². The molecule has 1 heterocycles. The van der Waals surface area contributed by atoms with Crippen LogP contribution < -0.4 is 4.74 Å². The van der Waals surface area contributed by atoms with Gasteiger partial charge in [0.05, 0.1) is 13.7 Å². The van der Waals surface area contributed by atoms with Gasteiger partial charge >= 0.3 is 0 Å². The van der Waals surface area contributed by atoms with Crippen LogP contribution in [0.5, 0.6) is 5.75 Å². The Bertz CT molecular complexity index is 626. The second-order valence-electron chi connectivity index (χ2n) is 4.99. The fourth-order valence-corrected chi connectivity index (χ4v) is 2.46. The van der Waals surface area contributed by atoms with E-state index in [-0.39, 0.29) is 5.78 Å². The van der Waals surface area contributed by atoms with Crippen LogP contribution in [0.2, 0.25) is 0 Å². The Balaban J connectivity index is 2.30. The van der Waals surface area contributed by atoms with Crippen LogP contribution in [0.1, 0.15) is 27.3 Å². The second-order valence-corrected chi connectivity index (χ2v) is 4.99. The molecule has 0 fully saturated rings. The number of rotatable bonds is 6. The minimum atomic E-state index is 0.0365. The van der Waals surface area contributed by atoms with Gasteiger partial charge in [-0.3, -0.25) is 4.79 Å². The van der Waals surface area contributed by atoms with E-state index in [0.29, 0.717) is 12.2 Å². The summed E-state index contributed by atoms with van der Waals surface area (Å²) in [6.45, 7) is 5.36. The third-order valence-electron chi connectivity index (χ3n) is 3.69. The van der Waals surface area contributed by atoms with E-state index in [9.17, 15) is 4.79 Å². The van der Waals surface area contributed by atoms with Gasteiger partial charge in [-0.2, -0.15) is 0 Å². The molecule has 0 aliphatic rings. The molecule has 1 aromatic heterocycles. The van der Waals surface area contributed by atoms with Crippen molar-refractivity contribution in [3.05, 3.63) is 52.8 Å². The molecule has 21 heavy (non-hydrogen) atoms. The Morgan fingerprint density at radius 3 is 2.38 bits per heavy atom. The van der Waals surface area contributed by atoms with Crippen LogP contribution in [0, 0.1) is 13.8 Å². The molecule has 0 spiro atoms. The average molecular weight is 287 g/mol. The van der Waals surface area contributed by atoms with Crippen molar-refractivity contribution in [1.29, 1.82) is 0 Å². The lowest BCUT2D eigenvalue weighted by Gasteiger charge is -2.09. The average Bonchev–Trinajstić information content (AvgIpc) is 2.79. The normalized spacial score (nSPS) is 10.7. The highest BCUT2D eigenvalue weighted by molar-refractivity contribution is 6.10. The molecule has 0 radical (unpaired) electrons. The molecule has 0 saturated heterocycles. The largest absolute Gasteiger partial charge is 0.497 e. The zero-order valence-electron chi connectivity index (χ0n) is 13.0. The highest BCUT2D eigenvalue weighted by Gasteiger charge is 2.17. The summed E-state index contributed by atoms with van der Waals surface area (Å²) < 4.78 is 12.3. The molecule has 0 aliphatic carbocycles. The molecule has 4 heteroatoms. The monoisotopic (exact) mass is 287 g/mol. The fraction of sp³-hybridized carbons (Fsp3) is 0.353. The molecule has 0 aliphatic heterocycles. The van der Waals surface area contributed by atoms with Crippen molar-refractivity contribution < 1.29 is 14.3 Å².